The molecule has 2 aromatic carbocycles. The van der Waals surface area contributed by atoms with Gasteiger partial charge >= 0.3 is 12.0 Å². The first-order chi connectivity index (χ1) is 13.6. The number of hydrogen-bond donors (Lipinski definition) is 1. The number of hydrogen-bond acceptors (Lipinski definition) is 5. The zero-order chi connectivity index (χ0) is 19.9. The van der Waals surface area contributed by atoms with Crippen LogP contribution >= 0.6 is 11.8 Å². The maximum absolute atomic E-state index is 12.7. The molecule has 0 aromatic heterocycles. The molecule has 28 heavy (non-hydrogen) atoms. The summed E-state index contributed by atoms with van der Waals surface area (Å²) < 4.78 is 4.59. The van der Waals surface area contributed by atoms with Crippen LogP contribution in [-0.4, -0.2) is 30.2 Å². The van der Waals surface area contributed by atoms with E-state index in [1.54, 1.807) is 24.3 Å². The number of para-hydroxylation sites is 1. The third-order valence-electron chi connectivity index (χ3n) is 3.75. The van der Waals surface area contributed by atoms with Crippen LogP contribution in [0.4, 0.5) is 10.5 Å². The Morgan fingerprint density at radius 1 is 1.11 bits per heavy atom. The second kappa shape index (κ2) is 9.01. The van der Waals surface area contributed by atoms with Gasteiger partial charge in [-0.15, -0.1) is 0 Å². The average Bonchev–Trinajstić information content (AvgIpc) is 3.02. The minimum atomic E-state index is -0.654. The number of anilines is 1. The van der Waals surface area contributed by atoms with Gasteiger partial charge in [0.1, 0.15) is 0 Å². The van der Waals surface area contributed by atoms with Crippen LogP contribution in [0.3, 0.4) is 0 Å². The van der Waals surface area contributed by atoms with E-state index in [-0.39, 0.29) is 10.1 Å². The van der Waals surface area contributed by atoms with Crippen molar-refractivity contribution < 1.29 is 19.1 Å². The highest BCUT2D eigenvalue weighted by atomic mass is 32.2. The summed E-state index contributed by atoms with van der Waals surface area (Å²) in [6.45, 7) is 0.311. The summed E-state index contributed by atoms with van der Waals surface area (Å²) in [7, 11) is 1.23. The van der Waals surface area contributed by atoms with Crippen molar-refractivity contribution in [1.29, 1.82) is 0 Å². The number of ether oxygens (including phenoxy) is 1. The van der Waals surface area contributed by atoms with Crippen LogP contribution in [0.15, 0.2) is 76.6 Å². The summed E-state index contributed by atoms with van der Waals surface area (Å²) in [5.74, 6) is -1.10. The van der Waals surface area contributed by atoms with Crippen molar-refractivity contribution in [3.05, 3.63) is 77.2 Å². The topological polar surface area (TPSA) is 88.1 Å². The predicted molar refractivity (Wildman–Crippen MR) is 108 cm³/mol. The van der Waals surface area contributed by atoms with Gasteiger partial charge in [0, 0.05) is 12.6 Å². The van der Waals surface area contributed by atoms with Crippen molar-refractivity contribution in [2.45, 2.75) is 6.54 Å². The smallest absolute Gasteiger partial charge is 0.343 e. The number of urea groups is 1. The number of amidine groups is 1. The molecule has 0 saturated carbocycles. The van der Waals surface area contributed by atoms with Gasteiger partial charge in [-0.2, -0.15) is 4.99 Å². The number of esters is 1. The lowest BCUT2D eigenvalue weighted by Crippen LogP contribution is -2.31. The Labute approximate surface area is 166 Å². The molecule has 2 aromatic rings. The monoisotopic (exact) mass is 395 g/mol. The fourth-order valence-electron chi connectivity index (χ4n) is 2.42. The molecule has 3 amide bonds. The SMILES string of the molecule is COC(=O)C=C1SC(=NC(=O)NCc2ccccc2)N(c2ccccc2)C1=O. The fourth-order valence-corrected chi connectivity index (χ4v) is 3.36. The van der Waals surface area contributed by atoms with Crippen molar-refractivity contribution in [3.63, 3.8) is 0 Å². The number of carbonyl (C=O) groups excluding carboxylic acids is 3. The molecular formula is C20H17N3O4S. The lowest BCUT2D eigenvalue weighted by molar-refractivity contribution is -0.135. The molecular weight excluding hydrogens is 378 g/mol. The molecule has 1 aliphatic rings. The summed E-state index contributed by atoms with van der Waals surface area (Å²) >= 11 is 0.941. The standard InChI is InChI=1S/C20H17N3O4S/c1-27-17(24)12-16-18(25)23(15-10-6-3-7-11-15)20(28-16)22-19(26)21-13-14-8-4-2-5-9-14/h2-12H,13H2,1H3,(H,21,26). The van der Waals surface area contributed by atoms with Gasteiger partial charge in [0.05, 0.1) is 17.7 Å². The van der Waals surface area contributed by atoms with Crippen LogP contribution in [-0.2, 0) is 20.9 Å². The fraction of sp³-hybridized carbons (Fsp3) is 0.100. The third-order valence-corrected chi connectivity index (χ3v) is 4.72. The summed E-state index contributed by atoms with van der Waals surface area (Å²) in [6, 6.07) is 17.6. The number of nitrogens with zero attached hydrogens (tertiary/aromatic N) is 2. The van der Waals surface area contributed by atoms with E-state index in [9.17, 15) is 14.4 Å². The largest absolute Gasteiger partial charge is 0.466 e. The van der Waals surface area contributed by atoms with E-state index >= 15 is 0 Å². The minimum absolute atomic E-state index is 0.130. The lowest BCUT2D eigenvalue weighted by atomic mass is 10.2. The van der Waals surface area contributed by atoms with E-state index in [2.05, 4.69) is 15.0 Å². The van der Waals surface area contributed by atoms with E-state index in [1.807, 2.05) is 36.4 Å². The number of methoxy groups -OCH3 is 1. The molecule has 3 rings (SSSR count). The molecule has 1 N–H and O–H groups in total. The third kappa shape index (κ3) is 4.66. The number of rotatable bonds is 4. The van der Waals surface area contributed by atoms with E-state index in [0.29, 0.717) is 12.2 Å². The second-order valence-corrected chi connectivity index (χ2v) is 6.66. The molecule has 0 aliphatic carbocycles. The second-order valence-electron chi connectivity index (χ2n) is 5.65. The van der Waals surface area contributed by atoms with Gasteiger partial charge in [-0.05, 0) is 29.5 Å². The van der Waals surface area contributed by atoms with Crippen LogP contribution in [0.25, 0.3) is 0 Å². The van der Waals surface area contributed by atoms with Crippen LogP contribution in [0, 0.1) is 0 Å². The first-order valence-electron chi connectivity index (χ1n) is 8.36. The molecule has 1 heterocycles. The van der Waals surface area contributed by atoms with Crippen LogP contribution in [0.1, 0.15) is 5.56 Å². The van der Waals surface area contributed by atoms with Crippen LogP contribution < -0.4 is 10.2 Å². The molecule has 1 aliphatic heterocycles. The number of thioether (sulfide) groups is 1. The summed E-state index contributed by atoms with van der Waals surface area (Å²) in [6.07, 6.45) is 1.09. The maximum atomic E-state index is 12.7. The van der Waals surface area contributed by atoms with Gasteiger partial charge in [-0.25, -0.2) is 9.59 Å². The molecule has 7 nitrogen and oxygen atoms in total. The predicted octanol–water partition coefficient (Wildman–Crippen LogP) is 3.09. The van der Waals surface area contributed by atoms with Crippen LogP contribution in [0.2, 0.25) is 0 Å². The van der Waals surface area contributed by atoms with Gasteiger partial charge < -0.3 is 10.1 Å². The van der Waals surface area contributed by atoms with Crippen molar-refractivity contribution in [1.82, 2.24) is 5.32 Å². The maximum Gasteiger partial charge on any atom is 0.343 e. The molecule has 0 atom stereocenters. The summed E-state index contributed by atoms with van der Waals surface area (Å²) in [5, 5.41) is 2.85. The summed E-state index contributed by atoms with van der Waals surface area (Å²) in [4.78, 5) is 42.0. The Balaban J connectivity index is 1.84. The van der Waals surface area contributed by atoms with Crippen molar-refractivity contribution in [2.24, 2.45) is 4.99 Å². The van der Waals surface area contributed by atoms with E-state index in [1.165, 1.54) is 12.0 Å². The van der Waals surface area contributed by atoms with Crippen LogP contribution in [0.5, 0.6) is 0 Å². The Bertz CT molecular complexity index is 942. The minimum Gasteiger partial charge on any atom is -0.466 e. The Morgan fingerprint density at radius 2 is 1.75 bits per heavy atom. The average molecular weight is 395 g/mol. The molecule has 8 heteroatoms. The molecule has 0 bridgehead atoms. The lowest BCUT2D eigenvalue weighted by Gasteiger charge is -2.15. The molecule has 1 saturated heterocycles. The number of amides is 3. The highest BCUT2D eigenvalue weighted by Gasteiger charge is 2.35. The highest BCUT2D eigenvalue weighted by Crippen LogP contribution is 2.34. The van der Waals surface area contributed by atoms with Gasteiger partial charge in [0.25, 0.3) is 5.91 Å². The number of aliphatic imine (C=N–C) groups is 1. The number of benzene rings is 2. The number of carbonyl (C=O) groups is 3. The van der Waals surface area contributed by atoms with Gasteiger partial charge in [-0.1, -0.05) is 48.5 Å². The zero-order valence-corrected chi connectivity index (χ0v) is 15.8. The quantitative estimate of drug-likeness (QED) is 0.635. The summed E-state index contributed by atoms with van der Waals surface area (Å²) in [5.41, 5.74) is 1.47. The van der Waals surface area contributed by atoms with Gasteiger partial charge in [0.2, 0.25) is 0 Å². The molecule has 1 fully saturated rings. The molecule has 0 unspecified atom stereocenters. The molecule has 0 spiro atoms. The Kier molecular flexibility index (Phi) is 6.23. The molecule has 142 valence electrons. The number of nitrogens with one attached hydrogen (secondary N) is 1. The van der Waals surface area contributed by atoms with E-state index in [4.69, 9.17) is 0 Å². The molecule has 0 radical (unpaired) electrons. The van der Waals surface area contributed by atoms with E-state index < -0.39 is 17.9 Å². The van der Waals surface area contributed by atoms with Crippen molar-refractivity contribution >= 4 is 40.5 Å². The zero-order valence-electron chi connectivity index (χ0n) is 15.0. The normalized spacial score (nSPS) is 16.5. The highest BCUT2D eigenvalue weighted by molar-refractivity contribution is 8.19. The van der Waals surface area contributed by atoms with E-state index in [0.717, 1.165) is 23.4 Å². The van der Waals surface area contributed by atoms with Gasteiger partial charge in [0.15, 0.2) is 5.17 Å². The van der Waals surface area contributed by atoms with Gasteiger partial charge in [-0.3, -0.25) is 9.69 Å². The Morgan fingerprint density at radius 3 is 2.39 bits per heavy atom. The Hall–Kier alpha value is -3.39. The van der Waals surface area contributed by atoms with Crippen molar-refractivity contribution in [3.8, 4) is 0 Å². The van der Waals surface area contributed by atoms with Crippen molar-refractivity contribution in [2.75, 3.05) is 12.0 Å². The first-order valence-corrected chi connectivity index (χ1v) is 9.17. The first kappa shape index (κ1) is 19.4.